The van der Waals surface area contributed by atoms with Crippen molar-refractivity contribution in [3.05, 3.63) is 169 Å². The van der Waals surface area contributed by atoms with Crippen LogP contribution in [0, 0.1) is 0 Å². The van der Waals surface area contributed by atoms with Crippen molar-refractivity contribution < 1.29 is 0 Å². The van der Waals surface area contributed by atoms with Gasteiger partial charge in [-0.25, -0.2) is 9.97 Å². The van der Waals surface area contributed by atoms with Crippen molar-refractivity contribution in [1.29, 1.82) is 0 Å². The number of nitrogens with zero attached hydrogens (tertiary/aromatic N) is 2. The predicted molar refractivity (Wildman–Crippen MR) is 240 cm³/mol. The molecule has 57 heavy (non-hydrogen) atoms. The van der Waals surface area contributed by atoms with Crippen LogP contribution in [0.3, 0.4) is 0 Å². The van der Waals surface area contributed by atoms with E-state index in [-0.39, 0.29) is 10.8 Å². The van der Waals surface area contributed by atoms with Gasteiger partial charge in [-0.05, 0) is 122 Å². The Morgan fingerprint density at radius 2 is 0.702 bits per heavy atom. The van der Waals surface area contributed by atoms with Crippen molar-refractivity contribution in [3.8, 4) is 78.4 Å². The fourth-order valence-electron chi connectivity index (χ4n) is 8.32. The molecule has 6 aromatic carbocycles. The first-order valence-corrected chi connectivity index (χ1v) is 20.0. The zero-order valence-electron chi connectivity index (χ0n) is 33.4. The molecule has 0 unspecified atom stereocenters. The van der Waals surface area contributed by atoms with Gasteiger partial charge in [0.1, 0.15) is 0 Å². The van der Waals surface area contributed by atoms with Gasteiger partial charge in [0.15, 0.2) is 0 Å². The monoisotopic (exact) mass is 735 g/mol. The molecule has 0 radical (unpaired) electrons. The highest BCUT2D eigenvalue weighted by Crippen LogP contribution is 2.45. The summed E-state index contributed by atoms with van der Waals surface area (Å²) in [7, 11) is 0. The van der Waals surface area contributed by atoms with E-state index >= 15 is 0 Å². The summed E-state index contributed by atoms with van der Waals surface area (Å²) in [5.74, 6) is 0. The molecule has 1 aliphatic heterocycles. The van der Waals surface area contributed by atoms with Gasteiger partial charge >= 0.3 is 0 Å². The largest absolute Gasteiger partial charge is 0.353 e. The van der Waals surface area contributed by atoms with E-state index in [2.05, 4.69) is 204 Å². The van der Waals surface area contributed by atoms with E-state index in [1.54, 1.807) is 0 Å². The smallest absolute Gasteiger partial charge is 0.0737 e. The van der Waals surface area contributed by atoms with Crippen LogP contribution in [0.25, 0.3) is 100 Å². The van der Waals surface area contributed by atoms with Crippen molar-refractivity contribution in [2.45, 2.75) is 52.4 Å². The molecule has 0 saturated heterocycles. The lowest BCUT2D eigenvalue weighted by Gasteiger charge is -2.24. The lowest BCUT2D eigenvalue weighted by Crippen LogP contribution is -2.13. The molecule has 0 fully saturated rings. The molecule has 0 atom stereocenters. The molecular formula is C54H45N3. The topological polar surface area (TPSA) is 41.6 Å². The molecule has 0 aliphatic carbocycles. The highest BCUT2D eigenvalue weighted by Gasteiger charge is 2.25. The first-order chi connectivity index (χ1) is 27.5. The van der Waals surface area contributed by atoms with Crippen molar-refractivity contribution in [2.24, 2.45) is 0 Å². The number of aromatic amines is 1. The molecule has 276 valence electrons. The Hall–Kier alpha value is -6.58. The zero-order chi connectivity index (χ0) is 39.1. The van der Waals surface area contributed by atoms with Crippen molar-refractivity contribution in [1.82, 2.24) is 15.0 Å². The molecule has 4 heterocycles. The number of nitrogens with one attached hydrogen (secondary N) is 1. The van der Waals surface area contributed by atoms with Gasteiger partial charge in [-0.15, -0.1) is 0 Å². The van der Waals surface area contributed by atoms with E-state index in [0.29, 0.717) is 0 Å². The number of pyridine rings is 2. The summed E-state index contributed by atoms with van der Waals surface area (Å²) < 4.78 is 0. The Morgan fingerprint density at radius 1 is 0.333 bits per heavy atom. The zero-order valence-corrected chi connectivity index (χ0v) is 33.4. The Bertz CT molecular complexity index is 3000. The van der Waals surface area contributed by atoms with Gasteiger partial charge in [0.2, 0.25) is 0 Å². The molecule has 1 N–H and O–H groups in total. The van der Waals surface area contributed by atoms with E-state index in [1.807, 2.05) is 0 Å². The maximum atomic E-state index is 5.61. The number of rotatable bonds is 3. The second kappa shape index (κ2) is 13.0. The molecule has 8 bridgehead atoms. The summed E-state index contributed by atoms with van der Waals surface area (Å²) in [4.78, 5) is 15.2. The molecule has 9 aromatic rings. The Kier molecular flexibility index (Phi) is 7.95. The summed E-state index contributed by atoms with van der Waals surface area (Å²) in [6, 6.07) is 57.6. The van der Waals surface area contributed by atoms with Crippen LogP contribution in [0.4, 0.5) is 0 Å². The number of H-pyrrole nitrogens is 1. The molecule has 0 spiro atoms. The van der Waals surface area contributed by atoms with Crippen LogP contribution in [0.5, 0.6) is 0 Å². The highest BCUT2D eigenvalue weighted by atomic mass is 14.8. The Morgan fingerprint density at radius 3 is 1.16 bits per heavy atom. The molecule has 0 amide bonds. The number of benzene rings is 6. The quantitative estimate of drug-likeness (QED) is 0.196. The van der Waals surface area contributed by atoms with Gasteiger partial charge in [-0.3, -0.25) is 0 Å². The van der Waals surface area contributed by atoms with E-state index in [4.69, 9.17) is 9.97 Å². The number of hydrogen-bond donors (Lipinski definition) is 1. The normalized spacial score (nSPS) is 12.4. The average molecular weight is 736 g/mol. The lowest BCUT2D eigenvalue weighted by atomic mass is 9.82. The summed E-state index contributed by atoms with van der Waals surface area (Å²) in [6.45, 7) is 13.7. The minimum Gasteiger partial charge on any atom is -0.353 e. The maximum Gasteiger partial charge on any atom is 0.0737 e. The number of aromatic nitrogens is 3. The summed E-state index contributed by atoms with van der Waals surface area (Å²) in [5, 5.41) is 2.32. The van der Waals surface area contributed by atoms with Crippen LogP contribution in [0.2, 0.25) is 0 Å². The third-order valence-electron chi connectivity index (χ3n) is 11.6. The highest BCUT2D eigenvalue weighted by molar-refractivity contribution is 6.17. The van der Waals surface area contributed by atoms with E-state index < -0.39 is 0 Å². The molecule has 3 nitrogen and oxygen atoms in total. The fraction of sp³-hybridized carbons (Fsp3) is 0.148. The second-order valence-corrected chi connectivity index (χ2v) is 17.7. The predicted octanol–water partition coefficient (Wildman–Crippen LogP) is 14.7. The van der Waals surface area contributed by atoms with Gasteiger partial charge in [0.25, 0.3) is 0 Å². The van der Waals surface area contributed by atoms with Gasteiger partial charge in [0, 0.05) is 33.0 Å². The van der Waals surface area contributed by atoms with Crippen LogP contribution < -0.4 is 0 Å². The first kappa shape index (κ1) is 34.9. The van der Waals surface area contributed by atoms with Crippen LogP contribution in [-0.2, 0) is 10.8 Å². The standard InChI is InChI=1S/C54H45N3/c1-53(2,3)41-23-39-22-40(24-41)48-31-42(54(4,5)6)32-50(56-48)46-28-37(34-18-12-8-13-19-34)26-44-43-25-36(33-16-10-7-11-17-33)27-45(51(43)57-52(44)46)49-30-38(29-47(39)55-49)35-20-14-9-15-21-35/h7-32,57H,1-6H3. The van der Waals surface area contributed by atoms with Gasteiger partial charge < -0.3 is 4.98 Å². The Balaban J connectivity index is 1.42. The van der Waals surface area contributed by atoms with E-state index in [1.165, 1.54) is 22.3 Å². The SMILES string of the molecule is CC(C)(C)c1cc2cc(c1)-c1cc(C(C)(C)C)cc(n1)-c1cc(-c3ccccc3)cc3c1[nH]c1c(cc(-c4ccccc4)cc13)-c1cc(-c3ccccc3)cc-2n1. The minimum absolute atomic E-state index is 0.106. The molecule has 3 aromatic heterocycles. The molecular weight excluding hydrogens is 691 g/mol. The molecule has 3 heteroatoms. The Labute approximate surface area is 335 Å². The summed E-state index contributed by atoms with van der Waals surface area (Å²) in [6.07, 6.45) is 0. The maximum absolute atomic E-state index is 5.61. The lowest BCUT2D eigenvalue weighted by molar-refractivity contribution is 0.589. The van der Waals surface area contributed by atoms with Crippen LogP contribution >= 0.6 is 0 Å². The first-order valence-electron chi connectivity index (χ1n) is 20.0. The number of hydrogen-bond acceptors (Lipinski definition) is 2. The van der Waals surface area contributed by atoms with Crippen molar-refractivity contribution >= 4 is 21.8 Å². The van der Waals surface area contributed by atoms with Gasteiger partial charge in [-0.1, -0.05) is 133 Å². The average Bonchev–Trinajstić information content (AvgIpc) is 3.61. The molecule has 10 rings (SSSR count). The van der Waals surface area contributed by atoms with Crippen molar-refractivity contribution in [2.75, 3.05) is 0 Å². The van der Waals surface area contributed by atoms with E-state index in [9.17, 15) is 0 Å². The summed E-state index contributed by atoms with van der Waals surface area (Å²) >= 11 is 0. The van der Waals surface area contributed by atoms with Gasteiger partial charge in [0.05, 0.1) is 33.8 Å². The van der Waals surface area contributed by atoms with Crippen LogP contribution in [0.1, 0.15) is 52.7 Å². The third-order valence-corrected chi connectivity index (χ3v) is 11.6. The van der Waals surface area contributed by atoms with Gasteiger partial charge in [-0.2, -0.15) is 0 Å². The fourth-order valence-corrected chi connectivity index (χ4v) is 8.32. The molecule has 0 saturated carbocycles. The second-order valence-electron chi connectivity index (χ2n) is 17.7. The van der Waals surface area contributed by atoms with Crippen LogP contribution in [-0.4, -0.2) is 15.0 Å². The molecule has 1 aliphatic rings. The van der Waals surface area contributed by atoms with Crippen LogP contribution in [0.15, 0.2) is 158 Å². The van der Waals surface area contributed by atoms with E-state index in [0.717, 1.165) is 89.1 Å². The third kappa shape index (κ3) is 6.24. The summed E-state index contributed by atoms with van der Waals surface area (Å²) in [5.41, 5.74) is 19.4. The number of fused-ring (bicyclic) bond motifs is 11. The van der Waals surface area contributed by atoms with Crippen molar-refractivity contribution in [3.63, 3.8) is 0 Å². The minimum atomic E-state index is -0.114.